The normalized spacial score (nSPS) is 9.08. The highest BCUT2D eigenvalue weighted by Crippen LogP contribution is 2.22. The van der Waals surface area contributed by atoms with Crippen molar-refractivity contribution in [2.75, 3.05) is 0 Å². The van der Waals surface area contributed by atoms with Crippen LogP contribution < -0.4 is 0 Å². The van der Waals surface area contributed by atoms with Crippen LogP contribution in [0.4, 0.5) is 0 Å². The summed E-state index contributed by atoms with van der Waals surface area (Å²) in [6, 6.07) is 4.48. The number of benzene rings is 1. The van der Waals surface area contributed by atoms with Gasteiger partial charge in [0.15, 0.2) is 0 Å². The first-order valence-electron chi connectivity index (χ1n) is 3.22. The molecule has 1 aromatic rings. The van der Waals surface area contributed by atoms with Gasteiger partial charge in [0.1, 0.15) is 0 Å². The van der Waals surface area contributed by atoms with E-state index in [1.165, 1.54) is 18.2 Å². The van der Waals surface area contributed by atoms with E-state index in [0.717, 1.165) is 0 Å². The number of hydrogen-bond acceptors (Lipinski definition) is 2. The Bertz CT molecular complexity index is 399. The molecule has 0 aliphatic heterocycles. The number of hydrogen-bond donors (Lipinski definition) is 0. The number of nitrogens with zero attached hydrogens (tertiary/aromatic N) is 1. The highest BCUT2D eigenvalue weighted by atomic mass is 35.5. The van der Waals surface area contributed by atoms with Crippen molar-refractivity contribution in [2.24, 2.45) is 4.99 Å². The summed E-state index contributed by atoms with van der Waals surface area (Å²) in [6.45, 7) is 0. The molecule has 0 unspecified atom stereocenters. The average molecular weight is 232 g/mol. The molecule has 0 bridgehead atoms. The molecule has 5 heteroatoms. The molecule has 1 rings (SSSR count). The first-order chi connectivity index (χ1) is 6.15. The Morgan fingerprint density at radius 1 is 1.38 bits per heavy atom. The van der Waals surface area contributed by atoms with Crippen molar-refractivity contribution in [3.8, 4) is 0 Å². The molecule has 0 saturated carbocycles. The standard InChI is InChI=1S/C8H3Cl2NOS/c9-6-2-1-5(3-7(6)10)8(12)11-4-13/h1-3H. The van der Waals surface area contributed by atoms with E-state index in [-0.39, 0.29) is 0 Å². The quantitative estimate of drug-likeness (QED) is 0.549. The maximum Gasteiger partial charge on any atom is 0.285 e. The Morgan fingerprint density at radius 2 is 2.08 bits per heavy atom. The minimum atomic E-state index is -0.478. The Balaban J connectivity index is 3.10. The third-order valence-corrected chi connectivity index (χ3v) is 2.14. The summed E-state index contributed by atoms with van der Waals surface area (Å²) in [5.41, 5.74) is 0.340. The van der Waals surface area contributed by atoms with Crippen LogP contribution in [-0.4, -0.2) is 11.1 Å². The Hall–Kier alpha value is -0.730. The van der Waals surface area contributed by atoms with Gasteiger partial charge >= 0.3 is 0 Å². The molecule has 0 fully saturated rings. The summed E-state index contributed by atoms with van der Waals surface area (Å²) in [4.78, 5) is 14.4. The van der Waals surface area contributed by atoms with Crippen LogP contribution in [0.1, 0.15) is 10.4 Å². The number of carbonyl (C=O) groups is 1. The van der Waals surface area contributed by atoms with E-state index >= 15 is 0 Å². The summed E-state index contributed by atoms with van der Waals surface area (Å²) in [5.74, 6) is -0.478. The SMILES string of the molecule is O=C(N=C=S)c1ccc(Cl)c(Cl)c1. The molecule has 0 heterocycles. The van der Waals surface area contributed by atoms with E-state index in [2.05, 4.69) is 17.2 Å². The van der Waals surface area contributed by atoms with Crippen molar-refractivity contribution in [1.29, 1.82) is 0 Å². The first kappa shape index (κ1) is 10.4. The van der Waals surface area contributed by atoms with Gasteiger partial charge in [0.2, 0.25) is 0 Å². The third kappa shape index (κ3) is 2.61. The van der Waals surface area contributed by atoms with Crippen molar-refractivity contribution in [2.45, 2.75) is 0 Å². The maximum atomic E-state index is 11.1. The van der Waals surface area contributed by atoms with Gasteiger partial charge in [-0.15, -0.1) is 0 Å². The molecular formula is C8H3Cl2NOS. The van der Waals surface area contributed by atoms with Gasteiger partial charge in [0, 0.05) is 5.56 Å². The second-order valence-electron chi connectivity index (χ2n) is 2.14. The van der Waals surface area contributed by atoms with Gasteiger partial charge in [-0.1, -0.05) is 23.2 Å². The summed E-state index contributed by atoms with van der Waals surface area (Å²) in [5, 5.41) is 2.69. The number of rotatable bonds is 1. The molecule has 0 N–H and O–H groups in total. The average Bonchev–Trinajstić information content (AvgIpc) is 2.10. The van der Waals surface area contributed by atoms with Crippen LogP contribution in [0, 0.1) is 0 Å². The molecule has 0 aliphatic rings. The number of halogens is 2. The van der Waals surface area contributed by atoms with Gasteiger partial charge in [-0.25, -0.2) is 0 Å². The number of carbonyl (C=O) groups excluding carboxylic acids is 1. The smallest absolute Gasteiger partial charge is 0.266 e. The van der Waals surface area contributed by atoms with Crippen LogP contribution in [0.5, 0.6) is 0 Å². The topological polar surface area (TPSA) is 29.4 Å². The summed E-state index contributed by atoms with van der Waals surface area (Å²) in [7, 11) is 0. The lowest BCUT2D eigenvalue weighted by molar-refractivity contribution is 0.100. The molecule has 0 radical (unpaired) electrons. The number of aliphatic imine (C=N–C) groups is 1. The van der Waals surface area contributed by atoms with Gasteiger partial charge in [-0.2, -0.15) is 4.99 Å². The maximum absolute atomic E-state index is 11.1. The lowest BCUT2D eigenvalue weighted by Crippen LogP contribution is -1.93. The van der Waals surface area contributed by atoms with Gasteiger partial charge < -0.3 is 0 Å². The van der Waals surface area contributed by atoms with Crippen molar-refractivity contribution in [1.82, 2.24) is 0 Å². The zero-order valence-electron chi connectivity index (χ0n) is 6.25. The highest BCUT2D eigenvalue weighted by molar-refractivity contribution is 7.78. The van der Waals surface area contributed by atoms with E-state index in [0.29, 0.717) is 15.6 Å². The minimum absolute atomic E-state index is 0.312. The van der Waals surface area contributed by atoms with Crippen LogP contribution in [0.3, 0.4) is 0 Å². The lowest BCUT2D eigenvalue weighted by Gasteiger charge is -1.96. The van der Waals surface area contributed by atoms with Crippen LogP contribution >= 0.6 is 35.4 Å². The Labute approximate surface area is 90.2 Å². The second kappa shape index (κ2) is 4.49. The lowest BCUT2D eigenvalue weighted by atomic mass is 10.2. The molecule has 2 nitrogen and oxygen atoms in total. The van der Waals surface area contributed by atoms with Crippen LogP contribution in [-0.2, 0) is 0 Å². The van der Waals surface area contributed by atoms with Gasteiger partial charge in [0.25, 0.3) is 5.91 Å². The van der Waals surface area contributed by atoms with Gasteiger partial charge in [-0.3, -0.25) is 4.79 Å². The summed E-state index contributed by atoms with van der Waals surface area (Å²) in [6.07, 6.45) is 0. The molecule has 13 heavy (non-hydrogen) atoms. The largest absolute Gasteiger partial charge is 0.285 e. The van der Waals surface area contributed by atoms with E-state index < -0.39 is 5.91 Å². The molecule has 0 atom stereocenters. The van der Waals surface area contributed by atoms with Crippen molar-refractivity contribution >= 4 is 46.5 Å². The zero-order chi connectivity index (χ0) is 9.84. The van der Waals surface area contributed by atoms with Crippen molar-refractivity contribution in [3.05, 3.63) is 33.8 Å². The molecule has 0 aliphatic carbocycles. The van der Waals surface area contributed by atoms with Crippen molar-refractivity contribution < 1.29 is 4.79 Å². The highest BCUT2D eigenvalue weighted by Gasteiger charge is 2.05. The number of amides is 1. The molecule has 0 aromatic heterocycles. The first-order valence-corrected chi connectivity index (χ1v) is 4.39. The van der Waals surface area contributed by atoms with Crippen molar-refractivity contribution in [3.63, 3.8) is 0 Å². The predicted octanol–water partition coefficient (Wildman–Crippen LogP) is 3.24. The van der Waals surface area contributed by atoms with E-state index in [1.54, 1.807) is 0 Å². The van der Waals surface area contributed by atoms with E-state index in [9.17, 15) is 4.79 Å². The second-order valence-corrected chi connectivity index (χ2v) is 3.13. The fraction of sp³-hybridized carbons (Fsp3) is 0. The van der Waals surface area contributed by atoms with E-state index in [4.69, 9.17) is 23.2 Å². The predicted molar refractivity (Wildman–Crippen MR) is 55.8 cm³/mol. The number of thiocarbonyl (C=S) groups is 1. The molecule has 0 spiro atoms. The summed E-state index contributed by atoms with van der Waals surface area (Å²) >= 11 is 15.6. The Kier molecular flexibility index (Phi) is 3.58. The van der Waals surface area contributed by atoms with Gasteiger partial charge in [0.05, 0.1) is 15.2 Å². The van der Waals surface area contributed by atoms with Crippen LogP contribution in [0.25, 0.3) is 0 Å². The fourth-order valence-electron chi connectivity index (χ4n) is 0.735. The van der Waals surface area contributed by atoms with E-state index in [1.807, 2.05) is 5.16 Å². The molecule has 66 valence electrons. The monoisotopic (exact) mass is 231 g/mol. The fourth-order valence-corrected chi connectivity index (χ4v) is 1.12. The molecular weight excluding hydrogens is 229 g/mol. The van der Waals surface area contributed by atoms with Gasteiger partial charge in [-0.05, 0) is 30.4 Å². The molecule has 0 saturated heterocycles. The van der Waals surface area contributed by atoms with Crippen LogP contribution in [0.2, 0.25) is 10.0 Å². The Morgan fingerprint density at radius 3 is 2.62 bits per heavy atom. The minimum Gasteiger partial charge on any atom is -0.266 e. The number of isothiocyanates is 1. The molecule has 1 aromatic carbocycles. The van der Waals surface area contributed by atoms with Crippen LogP contribution in [0.15, 0.2) is 23.2 Å². The zero-order valence-corrected chi connectivity index (χ0v) is 8.58. The third-order valence-electron chi connectivity index (χ3n) is 1.31. The molecule has 1 amide bonds. The summed E-state index contributed by atoms with van der Waals surface area (Å²) < 4.78 is 0.